The van der Waals surface area contributed by atoms with Crippen LogP contribution in [0.25, 0.3) is 0 Å². The van der Waals surface area contributed by atoms with E-state index < -0.39 is 36.9 Å². The Morgan fingerprint density at radius 2 is 2.11 bits per heavy atom. The summed E-state index contributed by atoms with van der Waals surface area (Å²) in [5.41, 5.74) is -0.495. The van der Waals surface area contributed by atoms with Crippen LogP contribution in [-0.2, 0) is 17.9 Å². The molecule has 1 aromatic rings. The Labute approximate surface area is 112 Å². The van der Waals surface area contributed by atoms with Gasteiger partial charge in [-0.1, -0.05) is 0 Å². The Hall–Kier alpha value is -1.13. The fourth-order valence-electron chi connectivity index (χ4n) is 1.14. The van der Waals surface area contributed by atoms with Gasteiger partial charge in [-0.2, -0.15) is 0 Å². The van der Waals surface area contributed by atoms with Gasteiger partial charge in [0.25, 0.3) is 0 Å². The van der Waals surface area contributed by atoms with Crippen LogP contribution in [0.1, 0.15) is 11.3 Å². The standard InChI is InChI=1S/C9H6F4INO3/c10-3-5-6(18-9(11,12)13)1-4(2-7(16)17)8(14)15-5/h1H,2-3H2,(H,16,17). The molecule has 1 aromatic heterocycles. The van der Waals surface area contributed by atoms with Crippen molar-refractivity contribution in [1.82, 2.24) is 4.98 Å². The van der Waals surface area contributed by atoms with Crippen LogP contribution in [0.4, 0.5) is 17.6 Å². The van der Waals surface area contributed by atoms with Crippen LogP contribution >= 0.6 is 22.6 Å². The number of rotatable bonds is 4. The third kappa shape index (κ3) is 4.27. The van der Waals surface area contributed by atoms with E-state index in [1.54, 1.807) is 22.6 Å². The van der Waals surface area contributed by atoms with Crippen molar-refractivity contribution >= 4 is 28.6 Å². The molecule has 0 saturated carbocycles. The second kappa shape index (κ2) is 5.67. The number of aromatic nitrogens is 1. The van der Waals surface area contributed by atoms with E-state index in [-0.39, 0.29) is 9.26 Å². The molecule has 4 nitrogen and oxygen atoms in total. The first kappa shape index (κ1) is 14.9. The number of pyridine rings is 1. The zero-order valence-electron chi connectivity index (χ0n) is 8.59. The maximum absolute atomic E-state index is 12.5. The summed E-state index contributed by atoms with van der Waals surface area (Å²) in [6, 6.07) is 0.839. The molecule has 18 heavy (non-hydrogen) atoms. The van der Waals surface area contributed by atoms with E-state index >= 15 is 0 Å². The average Bonchev–Trinajstić information content (AvgIpc) is 2.19. The summed E-state index contributed by atoms with van der Waals surface area (Å²) < 4.78 is 52.4. The normalized spacial score (nSPS) is 11.4. The number of aliphatic carboxylic acids is 1. The zero-order chi connectivity index (χ0) is 13.9. The second-order valence-corrected chi connectivity index (χ2v) is 4.16. The maximum Gasteiger partial charge on any atom is 0.573 e. The molecule has 0 aliphatic rings. The zero-order valence-corrected chi connectivity index (χ0v) is 10.7. The average molecular weight is 379 g/mol. The molecule has 0 amide bonds. The van der Waals surface area contributed by atoms with E-state index in [0.29, 0.717) is 0 Å². The van der Waals surface area contributed by atoms with Crippen molar-refractivity contribution < 1.29 is 32.2 Å². The lowest BCUT2D eigenvalue weighted by Gasteiger charge is -2.13. The van der Waals surface area contributed by atoms with Crippen molar-refractivity contribution in [3.63, 3.8) is 0 Å². The first-order valence-electron chi connectivity index (χ1n) is 4.44. The molecule has 0 aliphatic heterocycles. The fourth-order valence-corrected chi connectivity index (χ4v) is 1.78. The van der Waals surface area contributed by atoms with Crippen LogP contribution in [0.2, 0.25) is 0 Å². The molecule has 9 heteroatoms. The maximum atomic E-state index is 12.5. The predicted octanol–water partition coefficient (Wildman–Crippen LogP) is 2.68. The Balaban J connectivity index is 3.17. The molecule has 0 atom stereocenters. The van der Waals surface area contributed by atoms with Gasteiger partial charge in [0, 0.05) is 0 Å². The van der Waals surface area contributed by atoms with Gasteiger partial charge in [0.15, 0.2) is 5.75 Å². The van der Waals surface area contributed by atoms with Crippen molar-refractivity contribution in [3.05, 3.63) is 21.0 Å². The van der Waals surface area contributed by atoms with Gasteiger partial charge in [-0.3, -0.25) is 4.79 Å². The summed E-state index contributed by atoms with van der Waals surface area (Å²) in [4.78, 5) is 14.1. The van der Waals surface area contributed by atoms with E-state index in [9.17, 15) is 22.4 Å². The summed E-state index contributed by atoms with van der Waals surface area (Å²) >= 11 is 1.62. The number of halogens is 5. The molecule has 0 aliphatic carbocycles. The predicted molar refractivity (Wildman–Crippen MR) is 59.8 cm³/mol. The fraction of sp³-hybridized carbons (Fsp3) is 0.333. The van der Waals surface area contributed by atoms with Gasteiger partial charge in [0.1, 0.15) is 16.1 Å². The summed E-state index contributed by atoms with van der Waals surface area (Å²) in [5.74, 6) is -2.05. The Bertz CT molecular complexity index is 464. The number of alkyl halides is 4. The quantitative estimate of drug-likeness (QED) is 0.497. The van der Waals surface area contributed by atoms with Gasteiger partial charge >= 0.3 is 12.3 Å². The first-order valence-corrected chi connectivity index (χ1v) is 5.52. The summed E-state index contributed by atoms with van der Waals surface area (Å²) in [5, 5.41) is 8.57. The van der Waals surface area contributed by atoms with Crippen molar-refractivity contribution in [2.75, 3.05) is 0 Å². The number of carboxylic acids is 1. The first-order chi connectivity index (χ1) is 8.23. The smallest absolute Gasteiger partial charge is 0.481 e. The second-order valence-electron chi connectivity index (χ2n) is 3.14. The number of ether oxygens (including phenoxy) is 1. The number of hydrogen-bond donors (Lipinski definition) is 1. The number of nitrogens with zero attached hydrogens (tertiary/aromatic N) is 1. The molecular formula is C9H6F4INO3. The molecule has 100 valence electrons. The van der Waals surface area contributed by atoms with Gasteiger partial charge in [0.05, 0.1) is 6.42 Å². The highest BCUT2D eigenvalue weighted by Gasteiger charge is 2.33. The lowest BCUT2D eigenvalue weighted by atomic mass is 10.2. The van der Waals surface area contributed by atoms with E-state index in [1.807, 2.05) is 0 Å². The van der Waals surface area contributed by atoms with Crippen molar-refractivity contribution in [2.24, 2.45) is 0 Å². The van der Waals surface area contributed by atoms with Gasteiger partial charge in [-0.05, 0) is 34.2 Å². The van der Waals surface area contributed by atoms with Gasteiger partial charge in [-0.25, -0.2) is 9.37 Å². The highest BCUT2D eigenvalue weighted by atomic mass is 127. The highest BCUT2D eigenvalue weighted by molar-refractivity contribution is 14.1. The minimum absolute atomic E-state index is 0.0274. The van der Waals surface area contributed by atoms with E-state index in [1.165, 1.54) is 0 Å². The molecule has 0 unspecified atom stereocenters. The molecule has 0 spiro atoms. The van der Waals surface area contributed by atoms with E-state index in [4.69, 9.17) is 5.11 Å². The summed E-state index contributed by atoms with van der Waals surface area (Å²) in [7, 11) is 0. The number of carboxylic acid groups (broad SMARTS) is 1. The Kier molecular flexibility index (Phi) is 4.71. The molecule has 0 fully saturated rings. The minimum atomic E-state index is -4.99. The molecule has 1 N–H and O–H groups in total. The van der Waals surface area contributed by atoms with Crippen molar-refractivity contribution in [3.8, 4) is 5.75 Å². The third-order valence-corrected chi connectivity index (χ3v) is 2.72. The lowest BCUT2D eigenvalue weighted by molar-refractivity contribution is -0.275. The van der Waals surface area contributed by atoms with Crippen LogP contribution in [0.15, 0.2) is 6.07 Å². The molecule has 0 aromatic carbocycles. The molecule has 0 bridgehead atoms. The third-order valence-electron chi connectivity index (χ3n) is 1.78. The van der Waals surface area contributed by atoms with Crippen LogP contribution in [0, 0.1) is 3.70 Å². The minimum Gasteiger partial charge on any atom is -0.481 e. The van der Waals surface area contributed by atoms with Gasteiger partial charge in [-0.15, -0.1) is 13.2 Å². The SMILES string of the molecule is O=C(O)Cc1cc(OC(F)(F)F)c(CF)nc1I. The highest BCUT2D eigenvalue weighted by Crippen LogP contribution is 2.28. The topological polar surface area (TPSA) is 59.4 Å². The number of carbonyl (C=O) groups is 1. The summed E-state index contributed by atoms with van der Waals surface area (Å²) in [6.07, 6.45) is -5.51. The molecular weight excluding hydrogens is 373 g/mol. The van der Waals surface area contributed by atoms with Crippen LogP contribution in [0.3, 0.4) is 0 Å². The van der Waals surface area contributed by atoms with Gasteiger partial charge in [0.2, 0.25) is 0 Å². The Morgan fingerprint density at radius 1 is 1.50 bits per heavy atom. The van der Waals surface area contributed by atoms with Gasteiger partial charge < -0.3 is 9.84 Å². The largest absolute Gasteiger partial charge is 0.573 e. The molecule has 1 rings (SSSR count). The van der Waals surface area contributed by atoms with Crippen molar-refractivity contribution in [1.29, 1.82) is 0 Å². The molecule has 0 radical (unpaired) electrons. The molecule has 0 saturated heterocycles. The van der Waals surface area contributed by atoms with E-state index in [2.05, 4.69) is 9.72 Å². The lowest BCUT2D eigenvalue weighted by Crippen LogP contribution is -2.19. The number of hydrogen-bond acceptors (Lipinski definition) is 3. The monoisotopic (exact) mass is 379 g/mol. The van der Waals surface area contributed by atoms with Crippen LogP contribution in [-0.4, -0.2) is 22.4 Å². The van der Waals surface area contributed by atoms with Crippen molar-refractivity contribution in [2.45, 2.75) is 19.5 Å². The Morgan fingerprint density at radius 3 is 2.56 bits per heavy atom. The van der Waals surface area contributed by atoms with Crippen LogP contribution < -0.4 is 4.74 Å². The van der Waals surface area contributed by atoms with Crippen LogP contribution in [0.5, 0.6) is 5.75 Å². The molecule has 1 heterocycles. The summed E-state index contributed by atoms with van der Waals surface area (Å²) in [6.45, 7) is -1.24. The van der Waals surface area contributed by atoms with E-state index in [0.717, 1.165) is 6.07 Å².